The monoisotopic (exact) mass is 372 g/mol. The first-order valence-corrected chi connectivity index (χ1v) is 8.82. The highest BCUT2D eigenvalue weighted by atomic mass is 35.5. The molecule has 0 aromatic heterocycles. The van der Waals surface area contributed by atoms with Gasteiger partial charge in [-0.15, -0.1) is 0 Å². The average Bonchev–Trinajstić information content (AvgIpc) is 2.51. The third-order valence-corrected chi connectivity index (χ3v) is 4.29. The first-order valence-electron chi connectivity index (χ1n) is 7.45. The number of carboxylic acids is 1. The van der Waals surface area contributed by atoms with Crippen LogP contribution in [0.25, 0.3) is 0 Å². The molecule has 0 unspecified atom stereocenters. The van der Waals surface area contributed by atoms with Crippen LogP contribution < -0.4 is 5.32 Å². The van der Waals surface area contributed by atoms with Crippen LogP contribution >= 0.6 is 23.4 Å². The van der Waals surface area contributed by atoms with Gasteiger partial charge in [0.25, 0.3) is 0 Å². The molecule has 2 N–H and O–H groups in total. The minimum absolute atomic E-state index is 0.0213. The van der Waals surface area contributed by atoms with Crippen molar-refractivity contribution in [2.45, 2.75) is 26.3 Å². The van der Waals surface area contributed by atoms with Crippen molar-refractivity contribution in [3.8, 4) is 0 Å². The number of nitrogens with one attached hydrogen (secondary N) is 1. The summed E-state index contributed by atoms with van der Waals surface area (Å²) in [6, 6.07) is 5.88. The Bertz CT molecular complexity index is 580. The molecular weight excluding hydrogens is 352 g/mol. The number of rotatable bonds is 8. The van der Waals surface area contributed by atoms with Crippen LogP contribution in [0, 0.1) is 0 Å². The van der Waals surface area contributed by atoms with Crippen LogP contribution in [-0.4, -0.2) is 52.0 Å². The molecule has 0 aliphatic heterocycles. The lowest BCUT2D eigenvalue weighted by Crippen LogP contribution is -2.48. The number of halogens is 1. The van der Waals surface area contributed by atoms with Crippen molar-refractivity contribution >= 4 is 40.5 Å². The smallest absolute Gasteiger partial charge is 0.325 e. The molecule has 1 rings (SSSR count). The number of hydrogen-bond donors (Lipinski definition) is 2. The fraction of sp³-hybridized carbons (Fsp3) is 0.438. The minimum Gasteiger partial charge on any atom is -0.480 e. The van der Waals surface area contributed by atoms with Crippen LogP contribution in [0.2, 0.25) is 5.02 Å². The zero-order valence-corrected chi connectivity index (χ0v) is 15.2. The number of thioether (sulfide) groups is 1. The number of amides is 2. The van der Waals surface area contributed by atoms with Crippen LogP contribution in [0.5, 0.6) is 0 Å². The van der Waals surface area contributed by atoms with Gasteiger partial charge >= 0.3 is 12.0 Å². The summed E-state index contributed by atoms with van der Waals surface area (Å²) >= 11 is 6.98. The molecule has 1 aromatic carbocycles. The van der Waals surface area contributed by atoms with E-state index < -0.39 is 18.0 Å². The number of carbonyl (C=O) groups excluding carboxylic acids is 2. The topological polar surface area (TPSA) is 86.7 Å². The van der Waals surface area contributed by atoms with E-state index in [-0.39, 0.29) is 5.12 Å². The van der Waals surface area contributed by atoms with Gasteiger partial charge < -0.3 is 15.3 Å². The van der Waals surface area contributed by atoms with Crippen LogP contribution in [0.3, 0.4) is 0 Å². The molecular formula is C16H21ClN2O4S. The lowest BCUT2D eigenvalue weighted by molar-refractivity contribution is -0.138. The number of urea groups is 1. The normalized spacial score (nSPS) is 11.6. The lowest BCUT2D eigenvalue weighted by Gasteiger charge is -2.24. The summed E-state index contributed by atoms with van der Waals surface area (Å²) in [5.74, 6) is -0.635. The molecule has 1 atom stereocenters. The quantitative estimate of drug-likeness (QED) is 0.732. The Kier molecular flexibility index (Phi) is 8.63. The van der Waals surface area contributed by atoms with E-state index in [1.54, 1.807) is 12.1 Å². The maximum absolute atomic E-state index is 12.2. The highest BCUT2D eigenvalue weighted by Crippen LogP contribution is 2.11. The van der Waals surface area contributed by atoms with Crippen molar-refractivity contribution in [3.05, 3.63) is 34.9 Å². The lowest BCUT2D eigenvalue weighted by atomic mass is 10.1. The molecule has 24 heavy (non-hydrogen) atoms. The molecule has 6 nitrogen and oxygen atoms in total. The number of aliphatic carboxylic acids is 1. The van der Waals surface area contributed by atoms with E-state index in [0.717, 1.165) is 17.3 Å². The van der Waals surface area contributed by atoms with Crippen molar-refractivity contribution in [1.29, 1.82) is 0 Å². The standard InChI is InChI=1S/C16H21ClN2O4S/c1-11(15(21)22)18-16(23)19(9-10-24-12(2)20)8-7-13-3-5-14(17)6-4-13/h3-6,11H,7-10H2,1-2H3,(H,18,23)(H,21,22)/t11-/m0/s1. The molecule has 0 heterocycles. The maximum Gasteiger partial charge on any atom is 0.325 e. The Hall–Kier alpha value is -1.73. The summed E-state index contributed by atoms with van der Waals surface area (Å²) in [6.45, 7) is 3.64. The van der Waals surface area contributed by atoms with Gasteiger partial charge in [0, 0.05) is 30.8 Å². The molecule has 0 spiro atoms. The Morgan fingerprint density at radius 2 is 1.88 bits per heavy atom. The predicted octanol–water partition coefficient (Wildman–Crippen LogP) is 2.65. The zero-order valence-electron chi connectivity index (χ0n) is 13.6. The predicted molar refractivity (Wildman–Crippen MR) is 95.5 cm³/mol. The molecule has 2 amide bonds. The third kappa shape index (κ3) is 7.70. The van der Waals surface area contributed by atoms with Gasteiger partial charge in [-0.05, 0) is 31.0 Å². The first-order chi connectivity index (χ1) is 11.3. The summed E-state index contributed by atoms with van der Waals surface area (Å²) in [7, 11) is 0. The van der Waals surface area contributed by atoms with Crippen LogP contribution in [-0.2, 0) is 16.0 Å². The Balaban J connectivity index is 2.65. The van der Waals surface area contributed by atoms with E-state index >= 15 is 0 Å². The average molecular weight is 373 g/mol. The Labute approximate surface area is 150 Å². The van der Waals surface area contributed by atoms with Crippen molar-refractivity contribution < 1.29 is 19.5 Å². The number of nitrogens with zero attached hydrogens (tertiary/aromatic N) is 1. The van der Waals surface area contributed by atoms with E-state index in [2.05, 4.69) is 5.32 Å². The summed E-state index contributed by atoms with van der Waals surface area (Å²) < 4.78 is 0. The van der Waals surface area contributed by atoms with Crippen molar-refractivity contribution in [1.82, 2.24) is 10.2 Å². The van der Waals surface area contributed by atoms with Gasteiger partial charge in [-0.2, -0.15) is 0 Å². The maximum atomic E-state index is 12.2. The molecule has 0 aliphatic carbocycles. The molecule has 0 saturated carbocycles. The minimum atomic E-state index is -1.10. The van der Waals surface area contributed by atoms with E-state index in [9.17, 15) is 14.4 Å². The second-order valence-electron chi connectivity index (χ2n) is 5.21. The van der Waals surface area contributed by atoms with E-state index in [1.165, 1.54) is 18.7 Å². The molecule has 0 fully saturated rings. The van der Waals surface area contributed by atoms with E-state index in [0.29, 0.717) is 30.3 Å². The summed E-state index contributed by atoms with van der Waals surface area (Å²) in [6.07, 6.45) is 0.608. The van der Waals surface area contributed by atoms with Crippen LogP contribution in [0.1, 0.15) is 19.4 Å². The second-order valence-corrected chi connectivity index (χ2v) is 6.92. The number of carboxylic acid groups (broad SMARTS) is 1. The summed E-state index contributed by atoms with van der Waals surface area (Å²) in [4.78, 5) is 35.7. The van der Waals surface area contributed by atoms with Gasteiger partial charge in [0.05, 0.1) is 0 Å². The molecule has 1 aromatic rings. The SMILES string of the molecule is CC(=O)SCCN(CCc1ccc(Cl)cc1)C(=O)N[C@@H](C)C(=O)O. The number of hydrogen-bond acceptors (Lipinski definition) is 4. The zero-order chi connectivity index (χ0) is 18.1. The van der Waals surface area contributed by atoms with Gasteiger partial charge in [-0.25, -0.2) is 4.79 Å². The molecule has 8 heteroatoms. The fourth-order valence-electron chi connectivity index (χ4n) is 1.87. The van der Waals surface area contributed by atoms with E-state index in [1.807, 2.05) is 12.1 Å². The van der Waals surface area contributed by atoms with Crippen molar-refractivity contribution in [2.24, 2.45) is 0 Å². The highest BCUT2D eigenvalue weighted by molar-refractivity contribution is 8.13. The number of benzene rings is 1. The highest BCUT2D eigenvalue weighted by Gasteiger charge is 2.19. The van der Waals surface area contributed by atoms with E-state index in [4.69, 9.17) is 16.7 Å². The molecule has 0 bridgehead atoms. The van der Waals surface area contributed by atoms with Gasteiger partial charge in [-0.3, -0.25) is 9.59 Å². The molecule has 132 valence electrons. The first kappa shape index (κ1) is 20.3. The largest absolute Gasteiger partial charge is 0.480 e. The Morgan fingerprint density at radius 3 is 2.42 bits per heavy atom. The van der Waals surface area contributed by atoms with Crippen LogP contribution in [0.4, 0.5) is 4.79 Å². The molecule has 0 radical (unpaired) electrons. The molecule has 0 aliphatic rings. The summed E-state index contributed by atoms with van der Waals surface area (Å²) in [5.41, 5.74) is 1.02. The van der Waals surface area contributed by atoms with Crippen molar-refractivity contribution in [3.63, 3.8) is 0 Å². The van der Waals surface area contributed by atoms with Gasteiger partial charge in [0.2, 0.25) is 0 Å². The van der Waals surface area contributed by atoms with Crippen molar-refractivity contribution in [2.75, 3.05) is 18.8 Å². The second kappa shape index (κ2) is 10.2. The Morgan fingerprint density at radius 1 is 1.25 bits per heavy atom. The van der Waals surface area contributed by atoms with Gasteiger partial charge in [0.1, 0.15) is 6.04 Å². The fourth-order valence-corrected chi connectivity index (χ4v) is 2.59. The van der Waals surface area contributed by atoms with Crippen LogP contribution in [0.15, 0.2) is 24.3 Å². The third-order valence-electron chi connectivity index (χ3n) is 3.25. The number of carbonyl (C=O) groups is 3. The summed E-state index contributed by atoms with van der Waals surface area (Å²) in [5, 5.41) is 12.0. The molecule has 0 saturated heterocycles. The van der Waals surface area contributed by atoms with Gasteiger partial charge in [0.15, 0.2) is 5.12 Å². The van der Waals surface area contributed by atoms with Gasteiger partial charge in [-0.1, -0.05) is 35.5 Å².